The molecule has 0 aliphatic carbocycles. The molecule has 6 heteroatoms. The molecule has 27 heavy (non-hydrogen) atoms. The molecule has 0 radical (unpaired) electrons. The number of nitrogens with zero attached hydrogens (tertiary/aromatic N) is 3. The highest BCUT2D eigenvalue weighted by molar-refractivity contribution is 5.81. The molecule has 1 heterocycles. The maximum absolute atomic E-state index is 13.0. The molecule has 0 saturated carbocycles. The molecule has 0 saturated heterocycles. The van der Waals surface area contributed by atoms with E-state index in [1.54, 1.807) is 0 Å². The number of imidazole rings is 1. The van der Waals surface area contributed by atoms with E-state index in [-0.39, 0.29) is 36.4 Å². The Morgan fingerprint density at radius 2 is 1.70 bits per heavy atom. The lowest BCUT2D eigenvalue weighted by Crippen LogP contribution is -2.43. The number of aromatic nitrogens is 2. The Morgan fingerprint density at radius 1 is 1.07 bits per heavy atom. The first-order chi connectivity index (χ1) is 12.7. The second-order valence-corrected chi connectivity index (χ2v) is 7.79. The largest absolute Gasteiger partial charge is 0.355 e. The number of amides is 2. The summed E-state index contributed by atoms with van der Waals surface area (Å²) in [6.07, 6.45) is 0.587. The van der Waals surface area contributed by atoms with Crippen LogP contribution < -0.4 is 5.32 Å². The summed E-state index contributed by atoms with van der Waals surface area (Å²) in [4.78, 5) is 31.4. The first kappa shape index (κ1) is 20.9. The van der Waals surface area contributed by atoms with Crippen LogP contribution in [-0.2, 0) is 22.6 Å². The topological polar surface area (TPSA) is 67.2 Å². The summed E-state index contributed by atoms with van der Waals surface area (Å²) < 4.78 is 1.98. The summed E-state index contributed by atoms with van der Waals surface area (Å²) in [5, 5.41) is 2.93. The highest BCUT2D eigenvalue weighted by atomic mass is 16.2. The highest BCUT2D eigenvalue weighted by Crippen LogP contribution is 2.18. The summed E-state index contributed by atoms with van der Waals surface area (Å²) in [6, 6.07) is 8.12. The van der Waals surface area contributed by atoms with E-state index in [0.717, 1.165) is 16.9 Å². The van der Waals surface area contributed by atoms with Gasteiger partial charge >= 0.3 is 0 Å². The molecule has 0 unspecified atom stereocenters. The van der Waals surface area contributed by atoms with Crippen molar-refractivity contribution >= 4 is 22.8 Å². The number of hydrogen-bond acceptors (Lipinski definition) is 3. The molecular formula is C21H32N4O2. The third-order valence-corrected chi connectivity index (χ3v) is 4.60. The zero-order chi connectivity index (χ0) is 20.1. The van der Waals surface area contributed by atoms with Gasteiger partial charge in [-0.25, -0.2) is 4.98 Å². The Balaban J connectivity index is 2.25. The molecule has 148 valence electrons. The molecule has 1 aromatic carbocycles. The number of carbonyl (C=O) groups excluding carboxylic acids is 2. The van der Waals surface area contributed by atoms with Crippen LogP contribution in [0.2, 0.25) is 0 Å². The minimum atomic E-state index is -0.0453. The van der Waals surface area contributed by atoms with Gasteiger partial charge in [0.2, 0.25) is 11.8 Å². The number of nitrogens with one attached hydrogen (secondary N) is 1. The number of rotatable bonds is 8. The number of benzene rings is 1. The molecule has 2 amide bonds. The zero-order valence-corrected chi connectivity index (χ0v) is 17.3. The van der Waals surface area contributed by atoms with Gasteiger partial charge in [-0.3, -0.25) is 9.59 Å². The van der Waals surface area contributed by atoms with Gasteiger partial charge in [0.15, 0.2) is 0 Å². The molecule has 0 aliphatic heterocycles. The van der Waals surface area contributed by atoms with Gasteiger partial charge in [-0.15, -0.1) is 0 Å². The molecule has 0 fully saturated rings. The predicted octanol–water partition coefficient (Wildman–Crippen LogP) is 3.00. The smallest absolute Gasteiger partial charge is 0.243 e. The molecule has 0 spiro atoms. The van der Waals surface area contributed by atoms with Crippen molar-refractivity contribution in [2.75, 3.05) is 6.54 Å². The maximum atomic E-state index is 13.0. The van der Waals surface area contributed by atoms with Crippen molar-refractivity contribution in [2.45, 2.75) is 66.6 Å². The van der Waals surface area contributed by atoms with Crippen LogP contribution >= 0.6 is 0 Å². The lowest BCUT2D eigenvalue weighted by atomic mass is 10.2. The van der Waals surface area contributed by atoms with Crippen LogP contribution in [0.25, 0.3) is 11.0 Å². The van der Waals surface area contributed by atoms with Crippen LogP contribution in [0.5, 0.6) is 0 Å². The summed E-state index contributed by atoms with van der Waals surface area (Å²) >= 11 is 0. The fourth-order valence-electron chi connectivity index (χ4n) is 3.38. The van der Waals surface area contributed by atoms with E-state index >= 15 is 0 Å². The fourth-order valence-corrected chi connectivity index (χ4v) is 3.38. The van der Waals surface area contributed by atoms with Gasteiger partial charge in [-0.05, 0) is 39.8 Å². The first-order valence-corrected chi connectivity index (χ1v) is 9.75. The van der Waals surface area contributed by atoms with Crippen LogP contribution in [0.3, 0.4) is 0 Å². The molecule has 1 N–H and O–H groups in total. The number of hydrogen-bond donors (Lipinski definition) is 1. The van der Waals surface area contributed by atoms with Crippen molar-refractivity contribution < 1.29 is 9.59 Å². The Kier molecular flexibility index (Phi) is 6.99. The molecule has 2 rings (SSSR count). The third-order valence-electron chi connectivity index (χ3n) is 4.60. The quantitative estimate of drug-likeness (QED) is 0.775. The standard InChI is InChI=1S/C21H32N4O2/c1-14(2)21(27)22-12-11-19-23-17-9-7-8-10-18(17)24(19)13-20(26)25(15(3)4)16(5)6/h7-10,14-16H,11-13H2,1-6H3,(H,22,27). The van der Waals surface area contributed by atoms with Crippen LogP contribution in [0, 0.1) is 5.92 Å². The van der Waals surface area contributed by atoms with E-state index in [2.05, 4.69) is 5.32 Å². The predicted molar refractivity (Wildman–Crippen MR) is 108 cm³/mol. The van der Waals surface area contributed by atoms with Crippen LogP contribution in [0.15, 0.2) is 24.3 Å². The normalized spacial score (nSPS) is 11.6. The third kappa shape index (κ3) is 5.08. The van der Waals surface area contributed by atoms with Gasteiger partial charge in [0, 0.05) is 31.0 Å². The summed E-state index contributed by atoms with van der Waals surface area (Å²) in [5.74, 6) is 0.882. The van der Waals surface area contributed by atoms with Crippen molar-refractivity contribution in [2.24, 2.45) is 5.92 Å². The highest BCUT2D eigenvalue weighted by Gasteiger charge is 2.22. The summed E-state index contributed by atoms with van der Waals surface area (Å²) in [5.41, 5.74) is 1.82. The SMILES string of the molecule is CC(C)C(=O)NCCc1nc2ccccc2n1CC(=O)N(C(C)C)C(C)C. The Morgan fingerprint density at radius 3 is 2.30 bits per heavy atom. The van der Waals surface area contributed by atoms with Crippen molar-refractivity contribution in [3.63, 3.8) is 0 Å². The summed E-state index contributed by atoms with van der Waals surface area (Å²) in [6.45, 7) is 12.6. The van der Waals surface area contributed by atoms with Gasteiger partial charge in [0.25, 0.3) is 0 Å². The fraction of sp³-hybridized carbons (Fsp3) is 0.571. The Labute approximate surface area is 161 Å². The first-order valence-electron chi connectivity index (χ1n) is 9.75. The maximum Gasteiger partial charge on any atom is 0.243 e. The van der Waals surface area contributed by atoms with Crippen molar-refractivity contribution in [3.05, 3.63) is 30.1 Å². The van der Waals surface area contributed by atoms with Gasteiger partial charge < -0.3 is 14.8 Å². The van der Waals surface area contributed by atoms with Crippen molar-refractivity contribution in [1.29, 1.82) is 0 Å². The number of fused-ring (bicyclic) bond motifs is 1. The average Bonchev–Trinajstić information content (AvgIpc) is 2.91. The van der Waals surface area contributed by atoms with E-state index in [0.29, 0.717) is 13.0 Å². The zero-order valence-electron chi connectivity index (χ0n) is 17.3. The number of carbonyl (C=O) groups is 2. The Bertz CT molecular complexity index is 785. The molecule has 0 atom stereocenters. The second-order valence-electron chi connectivity index (χ2n) is 7.79. The van der Waals surface area contributed by atoms with E-state index in [1.807, 2.05) is 75.3 Å². The van der Waals surface area contributed by atoms with Crippen LogP contribution in [0.1, 0.15) is 47.4 Å². The van der Waals surface area contributed by atoms with Gasteiger partial charge in [-0.2, -0.15) is 0 Å². The lowest BCUT2D eigenvalue weighted by Gasteiger charge is -2.31. The van der Waals surface area contributed by atoms with E-state index in [9.17, 15) is 9.59 Å². The van der Waals surface area contributed by atoms with Crippen molar-refractivity contribution in [1.82, 2.24) is 19.8 Å². The van der Waals surface area contributed by atoms with E-state index in [4.69, 9.17) is 4.98 Å². The van der Waals surface area contributed by atoms with Gasteiger partial charge in [0.05, 0.1) is 11.0 Å². The monoisotopic (exact) mass is 372 g/mol. The summed E-state index contributed by atoms with van der Waals surface area (Å²) in [7, 11) is 0. The molecule has 0 aliphatic rings. The molecule has 2 aromatic rings. The lowest BCUT2D eigenvalue weighted by molar-refractivity contribution is -0.135. The van der Waals surface area contributed by atoms with Gasteiger partial charge in [0.1, 0.15) is 12.4 Å². The minimum Gasteiger partial charge on any atom is -0.355 e. The molecule has 0 bridgehead atoms. The number of para-hydroxylation sites is 2. The molecule has 6 nitrogen and oxygen atoms in total. The van der Waals surface area contributed by atoms with E-state index in [1.165, 1.54) is 0 Å². The second kappa shape index (κ2) is 9.02. The van der Waals surface area contributed by atoms with E-state index < -0.39 is 0 Å². The van der Waals surface area contributed by atoms with Gasteiger partial charge in [-0.1, -0.05) is 26.0 Å². The van der Waals surface area contributed by atoms with Crippen LogP contribution in [-0.4, -0.2) is 44.9 Å². The van der Waals surface area contributed by atoms with Crippen molar-refractivity contribution in [3.8, 4) is 0 Å². The average molecular weight is 373 g/mol. The molecular weight excluding hydrogens is 340 g/mol. The minimum absolute atomic E-state index is 0.0273. The Hall–Kier alpha value is -2.37. The molecule has 1 aromatic heterocycles. The van der Waals surface area contributed by atoms with Crippen LogP contribution in [0.4, 0.5) is 0 Å².